The highest BCUT2D eigenvalue weighted by Gasteiger charge is 2.22. The minimum atomic E-state index is 0.0172. The molecular formula is C22H26N2O2. The summed E-state index contributed by atoms with van der Waals surface area (Å²) in [7, 11) is 3.69. The zero-order valence-corrected chi connectivity index (χ0v) is 15.7. The van der Waals surface area contributed by atoms with Crippen molar-refractivity contribution >= 4 is 16.8 Å². The molecule has 0 bridgehead atoms. The molecule has 1 heterocycles. The summed E-state index contributed by atoms with van der Waals surface area (Å²) < 4.78 is 7.16. The van der Waals surface area contributed by atoms with Gasteiger partial charge in [0, 0.05) is 50.1 Å². The van der Waals surface area contributed by atoms with Gasteiger partial charge in [-0.3, -0.25) is 4.79 Å². The lowest BCUT2D eigenvalue weighted by Gasteiger charge is -2.18. The summed E-state index contributed by atoms with van der Waals surface area (Å²) in [6.45, 7) is 3.14. The Labute approximate surface area is 154 Å². The third-order valence-electron chi connectivity index (χ3n) is 4.77. The predicted octanol–water partition coefficient (Wildman–Crippen LogP) is 3.77. The molecule has 3 aromatic rings. The number of nitrogens with one attached hydrogen (secondary N) is 1. The summed E-state index contributed by atoms with van der Waals surface area (Å²) in [5, 5.41) is 4.15. The number of para-hydroxylation sites is 1. The van der Waals surface area contributed by atoms with Gasteiger partial charge in [0.05, 0.1) is 6.61 Å². The van der Waals surface area contributed by atoms with Gasteiger partial charge in [0.15, 0.2) is 0 Å². The number of amides is 1. The number of nitrogens with zero attached hydrogens (tertiary/aromatic N) is 1. The number of ether oxygens (including phenoxy) is 1. The van der Waals surface area contributed by atoms with E-state index in [0.29, 0.717) is 19.6 Å². The fraction of sp³-hybridized carbons (Fsp3) is 0.318. The number of carbonyl (C=O) groups excluding carboxylic acids is 1. The van der Waals surface area contributed by atoms with E-state index in [1.54, 1.807) is 7.11 Å². The van der Waals surface area contributed by atoms with E-state index in [0.717, 1.165) is 0 Å². The van der Waals surface area contributed by atoms with E-state index in [1.807, 2.05) is 6.07 Å². The second kappa shape index (κ2) is 8.19. The van der Waals surface area contributed by atoms with Crippen molar-refractivity contribution in [2.45, 2.75) is 19.3 Å². The van der Waals surface area contributed by atoms with Crippen LogP contribution in [0.5, 0.6) is 0 Å². The molecule has 1 aromatic heterocycles. The molecule has 0 aliphatic carbocycles. The molecular weight excluding hydrogens is 324 g/mol. The van der Waals surface area contributed by atoms with Gasteiger partial charge in [-0.1, -0.05) is 48.0 Å². The summed E-state index contributed by atoms with van der Waals surface area (Å²) in [6, 6.07) is 16.8. The minimum Gasteiger partial charge on any atom is -0.383 e. The number of hydrogen-bond acceptors (Lipinski definition) is 2. The van der Waals surface area contributed by atoms with E-state index in [-0.39, 0.29) is 11.8 Å². The van der Waals surface area contributed by atoms with Crippen LogP contribution in [0.1, 0.15) is 29.0 Å². The third-order valence-corrected chi connectivity index (χ3v) is 4.77. The highest BCUT2D eigenvalue weighted by atomic mass is 16.5. The molecule has 1 atom stereocenters. The Morgan fingerprint density at radius 1 is 1.19 bits per heavy atom. The smallest absolute Gasteiger partial charge is 0.221 e. The van der Waals surface area contributed by atoms with Gasteiger partial charge < -0.3 is 14.6 Å². The molecule has 3 rings (SSSR count). The standard InChI is InChI=1S/C22H26N2O2/c1-16-7-6-8-17(13-16)19(14-22(25)23-11-12-26-3)20-15-24(2)21-10-5-4-9-18(20)21/h4-10,13,15,19H,11-12,14H2,1-3H3,(H,23,25). The van der Waals surface area contributed by atoms with Crippen molar-refractivity contribution in [2.24, 2.45) is 7.05 Å². The molecule has 4 nitrogen and oxygen atoms in total. The van der Waals surface area contributed by atoms with E-state index >= 15 is 0 Å². The van der Waals surface area contributed by atoms with Gasteiger partial charge in [-0.05, 0) is 24.1 Å². The lowest BCUT2D eigenvalue weighted by Crippen LogP contribution is -2.28. The topological polar surface area (TPSA) is 43.3 Å². The zero-order valence-electron chi connectivity index (χ0n) is 15.7. The summed E-state index contributed by atoms with van der Waals surface area (Å²) in [5.74, 6) is 0.0602. The number of carbonyl (C=O) groups is 1. The average molecular weight is 350 g/mol. The first kappa shape index (κ1) is 18.2. The van der Waals surface area contributed by atoms with Crippen LogP contribution < -0.4 is 5.32 Å². The minimum absolute atomic E-state index is 0.0172. The molecule has 0 saturated carbocycles. The van der Waals surface area contributed by atoms with Crippen molar-refractivity contribution in [2.75, 3.05) is 20.3 Å². The molecule has 2 aromatic carbocycles. The van der Waals surface area contributed by atoms with Gasteiger partial charge in [-0.2, -0.15) is 0 Å². The van der Waals surface area contributed by atoms with Crippen LogP contribution >= 0.6 is 0 Å². The maximum atomic E-state index is 12.5. The van der Waals surface area contributed by atoms with Crippen molar-refractivity contribution in [3.8, 4) is 0 Å². The summed E-state index contributed by atoms with van der Waals surface area (Å²) in [4.78, 5) is 12.5. The third kappa shape index (κ3) is 3.97. The molecule has 0 aliphatic heterocycles. The van der Waals surface area contributed by atoms with Crippen molar-refractivity contribution < 1.29 is 9.53 Å². The highest BCUT2D eigenvalue weighted by molar-refractivity contribution is 5.86. The van der Waals surface area contributed by atoms with Crippen LogP contribution in [0.3, 0.4) is 0 Å². The fourth-order valence-corrected chi connectivity index (χ4v) is 3.50. The predicted molar refractivity (Wildman–Crippen MR) is 105 cm³/mol. The van der Waals surface area contributed by atoms with Gasteiger partial charge >= 0.3 is 0 Å². The Bertz CT molecular complexity index is 898. The molecule has 136 valence electrons. The molecule has 0 saturated heterocycles. The maximum absolute atomic E-state index is 12.5. The lowest BCUT2D eigenvalue weighted by atomic mass is 9.87. The second-order valence-corrected chi connectivity index (χ2v) is 6.73. The lowest BCUT2D eigenvalue weighted by molar-refractivity contribution is -0.121. The molecule has 0 radical (unpaired) electrons. The Balaban J connectivity index is 1.98. The van der Waals surface area contributed by atoms with Gasteiger partial charge in [0.25, 0.3) is 0 Å². The van der Waals surface area contributed by atoms with Gasteiger partial charge in [-0.15, -0.1) is 0 Å². The molecule has 0 fully saturated rings. The second-order valence-electron chi connectivity index (χ2n) is 6.73. The van der Waals surface area contributed by atoms with Gasteiger partial charge in [0.1, 0.15) is 0 Å². The molecule has 1 amide bonds. The van der Waals surface area contributed by atoms with Crippen LogP contribution in [0.2, 0.25) is 0 Å². The molecule has 0 spiro atoms. The number of aryl methyl sites for hydroxylation is 2. The number of fused-ring (bicyclic) bond motifs is 1. The number of methoxy groups -OCH3 is 1. The average Bonchev–Trinajstić information content (AvgIpc) is 2.97. The Kier molecular flexibility index (Phi) is 5.74. The Hall–Kier alpha value is -2.59. The monoisotopic (exact) mass is 350 g/mol. The molecule has 1 N–H and O–H groups in total. The molecule has 0 aliphatic rings. The van der Waals surface area contributed by atoms with Crippen LogP contribution in [0, 0.1) is 6.92 Å². The quantitative estimate of drug-likeness (QED) is 0.659. The van der Waals surface area contributed by atoms with Gasteiger partial charge in [-0.25, -0.2) is 0 Å². The summed E-state index contributed by atoms with van der Waals surface area (Å²) >= 11 is 0. The fourth-order valence-electron chi connectivity index (χ4n) is 3.50. The van der Waals surface area contributed by atoms with Crippen LogP contribution in [-0.2, 0) is 16.6 Å². The number of benzene rings is 2. The first-order valence-corrected chi connectivity index (χ1v) is 8.96. The Morgan fingerprint density at radius 3 is 2.77 bits per heavy atom. The van der Waals surface area contributed by atoms with Crippen LogP contribution in [0.15, 0.2) is 54.7 Å². The molecule has 4 heteroatoms. The van der Waals surface area contributed by atoms with Crippen LogP contribution in [0.4, 0.5) is 0 Å². The zero-order chi connectivity index (χ0) is 18.5. The number of aromatic nitrogens is 1. The normalized spacial score (nSPS) is 12.3. The number of rotatable bonds is 7. The van der Waals surface area contributed by atoms with Crippen LogP contribution in [0.25, 0.3) is 10.9 Å². The van der Waals surface area contributed by atoms with E-state index in [1.165, 1.54) is 27.6 Å². The largest absolute Gasteiger partial charge is 0.383 e. The summed E-state index contributed by atoms with van der Waals surface area (Å²) in [5.41, 5.74) is 4.74. The first-order valence-electron chi connectivity index (χ1n) is 8.96. The van der Waals surface area contributed by atoms with Crippen molar-refractivity contribution in [1.82, 2.24) is 9.88 Å². The SMILES string of the molecule is COCCNC(=O)CC(c1cccc(C)c1)c1cn(C)c2ccccc12. The van der Waals surface area contributed by atoms with E-state index < -0.39 is 0 Å². The molecule has 26 heavy (non-hydrogen) atoms. The maximum Gasteiger partial charge on any atom is 0.221 e. The van der Waals surface area contributed by atoms with Crippen LogP contribution in [-0.4, -0.2) is 30.7 Å². The van der Waals surface area contributed by atoms with Crippen molar-refractivity contribution in [1.29, 1.82) is 0 Å². The van der Waals surface area contributed by atoms with Crippen molar-refractivity contribution in [3.05, 3.63) is 71.4 Å². The Morgan fingerprint density at radius 2 is 2.00 bits per heavy atom. The van der Waals surface area contributed by atoms with Gasteiger partial charge in [0.2, 0.25) is 5.91 Å². The first-order chi connectivity index (χ1) is 12.6. The van der Waals surface area contributed by atoms with E-state index in [4.69, 9.17) is 4.74 Å². The number of hydrogen-bond donors (Lipinski definition) is 1. The van der Waals surface area contributed by atoms with E-state index in [2.05, 4.69) is 72.5 Å². The summed E-state index contributed by atoms with van der Waals surface area (Å²) in [6.07, 6.45) is 2.57. The van der Waals surface area contributed by atoms with E-state index in [9.17, 15) is 4.79 Å². The highest BCUT2D eigenvalue weighted by Crippen LogP contribution is 2.34. The molecule has 1 unspecified atom stereocenters. The van der Waals surface area contributed by atoms with Crippen molar-refractivity contribution in [3.63, 3.8) is 0 Å².